The van der Waals surface area contributed by atoms with Crippen LogP contribution in [0.3, 0.4) is 0 Å². The Balaban J connectivity index is 4.03. The molecule has 0 aromatic rings. The number of rotatable bonds is 26. The van der Waals surface area contributed by atoms with Gasteiger partial charge in [0, 0.05) is 18.9 Å². The molecule has 0 saturated heterocycles. The van der Waals surface area contributed by atoms with E-state index in [9.17, 15) is 9.59 Å². The van der Waals surface area contributed by atoms with Gasteiger partial charge in [0.15, 0.2) is 0 Å². The summed E-state index contributed by atoms with van der Waals surface area (Å²) < 4.78 is 15.7. The number of nitrogens with zero attached hydrogens (tertiary/aromatic N) is 1. The molecule has 0 aliphatic carbocycles. The van der Waals surface area contributed by atoms with E-state index in [1.54, 1.807) is 0 Å². The first-order chi connectivity index (χ1) is 18.0. The molecule has 1 unspecified atom stereocenters. The second kappa shape index (κ2) is 26.3. The Morgan fingerprint density at radius 1 is 0.649 bits per heavy atom. The predicted octanol–water partition coefficient (Wildman–Crippen LogP) is 8.56. The largest absolute Gasteiger partial charge is 0.508 e. The minimum atomic E-state index is -0.645. The van der Waals surface area contributed by atoms with E-state index in [4.69, 9.17) is 14.2 Å². The number of carbonyl (C=O) groups excluding carboxylic acids is 2. The number of unbranched alkanes of at least 4 members (excludes halogenated alkanes) is 8. The molecule has 0 saturated carbocycles. The molecule has 0 amide bonds. The molecule has 0 aromatic carbocycles. The average molecular weight is 528 g/mol. The summed E-state index contributed by atoms with van der Waals surface area (Å²) in [6.45, 7) is 14.4. The molecule has 37 heavy (non-hydrogen) atoms. The monoisotopic (exact) mass is 527 g/mol. The van der Waals surface area contributed by atoms with Crippen LogP contribution in [0, 0.1) is 11.8 Å². The third kappa shape index (κ3) is 23.5. The second-order valence-electron chi connectivity index (χ2n) is 10.7. The van der Waals surface area contributed by atoms with Gasteiger partial charge in [0.25, 0.3) is 0 Å². The van der Waals surface area contributed by atoms with Crippen LogP contribution >= 0.6 is 0 Å². The first-order valence-electron chi connectivity index (χ1n) is 15.6. The summed E-state index contributed by atoms with van der Waals surface area (Å²) in [4.78, 5) is 26.3. The lowest BCUT2D eigenvalue weighted by Gasteiger charge is -2.18. The highest BCUT2D eigenvalue weighted by Gasteiger charge is 2.14. The topological polar surface area (TPSA) is 65.1 Å². The van der Waals surface area contributed by atoms with Crippen molar-refractivity contribution in [3.8, 4) is 0 Å². The maximum atomic E-state index is 12.3. The highest BCUT2D eigenvalue weighted by molar-refractivity contribution is 5.69. The van der Waals surface area contributed by atoms with Gasteiger partial charge in [0.2, 0.25) is 0 Å². The van der Waals surface area contributed by atoms with Crippen molar-refractivity contribution in [2.24, 2.45) is 11.8 Å². The molecule has 0 radical (unpaired) electrons. The van der Waals surface area contributed by atoms with Gasteiger partial charge in [-0.2, -0.15) is 0 Å². The normalized spacial score (nSPS) is 12.2. The van der Waals surface area contributed by atoms with E-state index in [2.05, 4.69) is 32.6 Å². The molecule has 0 N–H and O–H groups in total. The van der Waals surface area contributed by atoms with Crippen molar-refractivity contribution in [2.45, 2.75) is 137 Å². The van der Waals surface area contributed by atoms with Crippen LogP contribution in [0.2, 0.25) is 0 Å². The van der Waals surface area contributed by atoms with Gasteiger partial charge in [-0.3, -0.25) is 4.79 Å². The molecule has 6 heteroatoms. The van der Waals surface area contributed by atoms with Crippen LogP contribution in [0.4, 0.5) is 4.79 Å². The van der Waals surface area contributed by atoms with Crippen molar-refractivity contribution < 1.29 is 23.8 Å². The number of ether oxygens (including phenoxy) is 3. The van der Waals surface area contributed by atoms with Gasteiger partial charge in [-0.05, 0) is 38.3 Å². The summed E-state index contributed by atoms with van der Waals surface area (Å²) in [6, 6.07) is 0. The zero-order valence-electron chi connectivity index (χ0n) is 25.2. The van der Waals surface area contributed by atoms with E-state index < -0.39 is 6.16 Å². The highest BCUT2D eigenvalue weighted by Crippen LogP contribution is 2.24. The van der Waals surface area contributed by atoms with Crippen molar-refractivity contribution in [1.29, 1.82) is 0 Å². The summed E-state index contributed by atoms with van der Waals surface area (Å²) in [7, 11) is 0. The van der Waals surface area contributed by atoms with Gasteiger partial charge in [0.05, 0.1) is 13.2 Å². The molecular weight excluding hydrogens is 466 g/mol. The minimum absolute atomic E-state index is 0.0498. The third-order valence-electron chi connectivity index (χ3n) is 7.17. The lowest BCUT2D eigenvalue weighted by molar-refractivity contribution is -0.145. The van der Waals surface area contributed by atoms with Crippen molar-refractivity contribution in [1.82, 2.24) is 4.90 Å². The molecule has 0 heterocycles. The summed E-state index contributed by atoms with van der Waals surface area (Å²) in [6.07, 6.45) is 18.5. The van der Waals surface area contributed by atoms with Crippen LogP contribution in [0.15, 0.2) is 0 Å². The molecule has 0 spiro atoms. The molecule has 0 rings (SSSR count). The van der Waals surface area contributed by atoms with Gasteiger partial charge in [-0.1, -0.05) is 112 Å². The van der Waals surface area contributed by atoms with E-state index in [-0.39, 0.29) is 25.1 Å². The van der Waals surface area contributed by atoms with E-state index >= 15 is 0 Å². The zero-order chi connectivity index (χ0) is 27.6. The highest BCUT2D eigenvalue weighted by atomic mass is 16.7. The van der Waals surface area contributed by atoms with Gasteiger partial charge in [-0.25, -0.2) is 4.79 Å². The standard InChI is InChI=1S/C31H61NO5/c1-6-10-12-14-16-20-29(21-17-15-13-11-7-2)22-18-23-30(33)36-26-28(5)27-37-31(34)35-25-19-24-32(8-3)9-4/h28-29H,6-27H2,1-5H3. The first-order valence-corrected chi connectivity index (χ1v) is 15.6. The molecule has 6 nitrogen and oxygen atoms in total. The summed E-state index contributed by atoms with van der Waals surface area (Å²) in [5.41, 5.74) is 0. The SMILES string of the molecule is CCCCCCCC(CCCCCCC)CCCC(=O)OCC(C)COC(=O)OCCCN(CC)CC. The quantitative estimate of drug-likeness (QED) is 0.0829. The summed E-state index contributed by atoms with van der Waals surface area (Å²) in [5, 5.41) is 0. The second-order valence-corrected chi connectivity index (χ2v) is 10.7. The Bertz CT molecular complexity index is 510. The van der Waals surface area contributed by atoms with Crippen molar-refractivity contribution >= 4 is 12.1 Å². The predicted molar refractivity (Wildman–Crippen MR) is 154 cm³/mol. The molecule has 0 fully saturated rings. The van der Waals surface area contributed by atoms with Crippen LogP contribution in [-0.2, 0) is 19.0 Å². The van der Waals surface area contributed by atoms with Crippen LogP contribution in [0.5, 0.6) is 0 Å². The van der Waals surface area contributed by atoms with Crippen LogP contribution in [0.25, 0.3) is 0 Å². The molecule has 0 aromatic heterocycles. The maximum absolute atomic E-state index is 12.3. The van der Waals surface area contributed by atoms with E-state index in [0.29, 0.717) is 13.0 Å². The lowest BCUT2D eigenvalue weighted by Crippen LogP contribution is -2.25. The fourth-order valence-electron chi connectivity index (χ4n) is 4.63. The summed E-state index contributed by atoms with van der Waals surface area (Å²) >= 11 is 0. The Labute approximate surface area is 229 Å². The molecule has 0 bridgehead atoms. The maximum Gasteiger partial charge on any atom is 0.508 e. The van der Waals surface area contributed by atoms with Gasteiger partial charge < -0.3 is 19.1 Å². The molecule has 220 valence electrons. The van der Waals surface area contributed by atoms with E-state index in [1.165, 1.54) is 77.0 Å². The number of carbonyl (C=O) groups is 2. The number of esters is 1. The number of hydrogen-bond acceptors (Lipinski definition) is 6. The van der Waals surface area contributed by atoms with Gasteiger partial charge >= 0.3 is 12.1 Å². The van der Waals surface area contributed by atoms with Gasteiger partial charge in [-0.15, -0.1) is 0 Å². The Morgan fingerprint density at radius 3 is 1.76 bits per heavy atom. The van der Waals surface area contributed by atoms with Crippen molar-refractivity contribution in [3.05, 3.63) is 0 Å². The fourth-order valence-corrected chi connectivity index (χ4v) is 4.63. The molecule has 0 aliphatic heterocycles. The zero-order valence-corrected chi connectivity index (χ0v) is 25.2. The minimum Gasteiger partial charge on any atom is -0.465 e. The Morgan fingerprint density at radius 2 is 1.19 bits per heavy atom. The van der Waals surface area contributed by atoms with Crippen molar-refractivity contribution in [3.63, 3.8) is 0 Å². The summed E-state index contributed by atoms with van der Waals surface area (Å²) in [5.74, 6) is 0.544. The molecule has 0 aliphatic rings. The fraction of sp³-hybridized carbons (Fsp3) is 0.935. The van der Waals surface area contributed by atoms with Crippen LogP contribution in [-0.4, -0.2) is 56.5 Å². The Kier molecular flexibility index (Phi) is 25.4. The lowest BCUT2D eigenvalue weighted by atomic mass is 9.90. The van der Waals surface area contributed by atoms with Crippen molar-refractivity contribution in [2.75, 3.05) is 39.5 Å². The number of hydrogen-bond donors (Lipinski definition) is 0. The van der Waals surface area contributed by atoms with E-state index in [1.807, 2.05) is 6.92 Å². The first kappa shape index (κ1) is 35.7. The third-order valence-corrected chi connectivity index (χ3v) is 7.17. The van der Waals surface area contributed by atoms with Gasteiger partial charge in [0.1, 0.15) is 6.61 Å². The van der Waals surface area contributed by atoms with Crippen LogP contribution < -0.4 is 0 Å². The average Bonchev–Trinajstić information content (AvgIpc) is 2.90. The van der Waals surface area contributed by atoms with Crippen LogP contribution in [0.1, 0.15) is 137 Å². The van der Waals surface area contributed by atoms with E-state index in [0.717, 1.165) is 44.8 Å². The Hall–Kier alpha value is -1.30. The molecule has 1 atom stereocenters. The molecular formula is C31H61NO5. The smallest absolute Gasteiger partial charge is 0.465 e.